The molecule has 0 radical (unpaired) electrons. The van der Waals surface area contributed by atoms with Gasteiger partial charge in [0, 0.05) is 17.6 Å². The van der Waals surface area contributed by atoms with Crippen LogP contribution in [0.25, 0.3) is 0 Å². The van der Waals surface area contributed by atoms with Crippen LogP contribution in [0.1, 0.15) is 34.9 Å². The zero-order chi connectivity index (χ0) is 14.8. The van der Waals surface area contributed by atoms with Gasteiger partial charge in [0.25, 0.3) is 5.91 Å². The third kappa shape index (κ3) is 2.72. The Labute approximate surface area is 127 Å². The van der Waals surface area contributed by atoms with E-state index in [4.69, 9.17) is 11.6 Å². The number of likely N-dealkylation sites (tertiary alicyclic amines) is 1. The molecule has 1 aliphatic rings. The second-order valence-electron chi connectivity index (χ2n) is 5.11. The maximum Gasteiger partial charge on any atom is 0.270 e. The fraction of sp³-hybridized carbons (Fsp3) is 0.250. The number of aromatic amines is 1. The number of hydrogen-bond donors (Lipinski definition) is 1. The third-order valence-corrected chi connectivity index (χ3v) is 4.12. The van der Waals surface area contributed by atoms with Crippen molar-refractivity contribution in [2.75, 3.05) is 6.54 Å². The molecule has 0 aliphatic carbocycles. The molecule has 2 heterocycles. The van der Waals surface area contributed by atoms with Gasteiger partial charge in [-0.15, -0.1) is 0 Å². The lowest BCUT2D eigenvalue weighted by atomic mass is 10.0. The topological polar surface area (TPSA) is 53.2 Å². The Morgan fingerprint density at radius 3 is 2.76 bits per heavy atom. The van der Waals surface area contributed by atoms with Crippen molar-refractivity contribution in [3.05, 3.63) is 69.1 Å². The molecule has 1 atom stereocenters. The van der Waals surface area contributed by atoms with Gasteiger partial charge in [-0.2, -0.15) is 0 Å². The summed E-state index contributed by atoms with van der Waals surface area (Å²) in [5, 5.41) is 0.670. The molecule has 0 bridgehead atoms. The molecule has 0 saturated carbocycles. The summed E-state index contributed by atoms with van der Waals surface area (Å²) in [5.41, 5.74) is 1.01. The number of amides is 1. The highest BCUT2D eigenvalue weighted by Crippen LogP contribution is 2.36. The summed E-state index contributed by atoms with van der Waals surface area (Å²) < 4.78 is 0. The van der Waals surface area contributed by atoms with Crippen LogP contribution in [0.3, 0.4) is 0 Å². The SMILES string of the molecule is O=C(c1cccc(=O)[nH]1)N1CCCC1c1ccccc1Cl. The Morgan fingerprint density at radius 1 is 1.19 bits per heavy atom. The van der Waals surface area contributed by atoms with Crippen LogP contribution in [-0.4, -0.2) is 22.3 Å². The second kappa shape index (κ2) is 5.74. The number of aromatic nitrogens is 1. The van der Waals surface area contributed by atoms with Gasteiger partial charge < -0.3 is 9.88 Å². The number of nitrogens with zero attached hydrogens (tertiary/aromatic N) is 1. The van der Waals surface area contributed by atoms with Gasteiger partial charge in [-0.05, 0) is 30.5 Å². The van der Waals surface area contributed by atoms with E-state index in [1.54, 1.807) is 17.0 Å². The summed E-state index contributed by atoms with van der Waals surface area (Å²) in [7, 11) is 0. The van der Waals surface area contributed by atoms with Gasteiger partial charge >= 0.3 is 0 Å². The van der Waals surface area contributed by atoms with E-state index in [1.165, 1.54) is 6.07 Å². The first-order chi connectivity index (χ1) is 10.2. The molecule has 1 fully saturated rings. The maximum atomic E-state index is 12.6. The van der Waals surface area contributed by atoms with E-state index in [0.29, 0.717) is 17.3 Å². The van der Waals surface area contributed by atoms with Crippen LogP contribution in [0.5, 0.6) is 0 Å². The molecule has 0 spiro atoms. The Hall–Kier alpha value is -2.07. The highest BCUT2D eigenvalue weighted by Gasteiger charge is 2.31. The zero-order valence-electron chi connectivity index (χ0n) is 11.4. The maximum absolute atomic E-state index is 12.6. The average molecular weight is 303 g/mol. The van der Waals surface area contributed by atoms with E-state index in [-0.39, 0.29) is 17.5 Å². The van der Waals surface area contributed by atoms with Crippen molar-refractivity contribution < 1.29 is 4.79 Å². The highest BCUT2D eigenvalue weighted by atomic mass is 35.5. The van der Waals surface area contributed by atoms with Crippen LogP contribution in [0.2, 0.25) is 5.02 Å². The van der Waals surface area contributed by atoms with Gasteiger partial charge in [0.15, 0.2) is 0 Å². The predicted molar refractivity (Wildman–Crippen MR) is 81.5 cm³/mol. The lowest BCUT2D eigenvalue weighted by Gasteiger charge is -2.25. The van der Waals surface area contributed by atoms with Gasteiger partial charge in [-0.1, -0.05) is 35.9 Å². The van der Waals surface area contributed by atoms with E-state index < -0.39 is 0 Å². The van der Waals surface area contributed by atoms with E-state index in [9.17, 15) is 9.59 Å². The van der Waals surface area contributed by atoms with E-state index in [1.807, 2.05) is 24.3 Å². The standard InChI is InChI=1S/C16H15ClN2O2/c17-12-6-2-1-5-11(12)14-8-4-10-19(14)16(21)13-7-3-9-15(20)18-13/h1-3,5-7,9,14H,4,8,10H2,(H,18,20). The predicted octanol–water partition coefficient (Wildman–Crippen LogP) is 3.01. The van der Waals surface area contributed by atoms with Crippen molar-refractivity contribution in [2.45, 2.75) is 18.9 Å². The molecular formula is C16H15ClN2O2. The fourth-order valence-corrected chi connectivity index (χ4v) is 3.07. The van der Waals surface area contributed by atoms with Crippen LogP contribution in [-0.2, 0) is 0 Å². The Balaban J connectivity index is 1.93. The molecule has 3 rings (SSSR count). The minimum Gasteiger partial charge on any atom is -0.330 e. The van der Waals surface area contributed by atoms with Gasteiger partial charge in [0.1, 0.15) is 5.69 Å². The minimum atomic E-state index is -0.269. The summed E-state index contributed by atoms with van der Waals surface area (Å²) in [5.74, 6) is -0.157. The van der Waals surface area contributed by atoms with Crippen molar-refractivity contribution in [1.82, 2.24) is 9.88 Å². The van der Waals surface area contributed by atoms with Crippen LogP contribution >= 0.6 is 11.6 Å². The van der Waals surface area contributed by atoms with Crippen molar-refractivity contribution >= 4 is 17.5 Å². The van der Waals surface area contributed by atoms with Gasteiger partial charge in [0.05, 0.1) is 6.04 Å². The fourth-order valence-electron chi connectivity index (χ4n) is 2.81. The quantitative estimate of drug-likeness (QED) is 0.927. The molecule has 1 N–H and O–H groups in total. The van der Waals surface area contributed by atoms with Crippen molar-refractivity contribution in [2.24, 2.45) is 0 Å². The van der Waals surface area contributed by atoms with Crippen molar-refractivity contribution in [3.8, 4) is 0 Å². The van der Waals surface area contributed by atoms with Gasteiger partial charge in [-0.25, -0.2) is 0 Å². The second-order valence-corrected chi connectivity index (χ2v) is 5.51. The minimum absolute atomic E-state index is 0.0325. The van der Waals surface area contributed by atoms with Gasteiger partial charge in [-0.3, -0.25) is 9.59 Å². The molecule has 1 unspecified atom stereocenters. The average Bonchev–Trinajstić information content (AvgIpc) is 2.96. The van der Waals surface area contributed by atoms with Crippen LogP contribution in [0.4, 0.5) is 0 Å². The van der Waals surface area contributed by atoms with E-state index >= 15 is 0 Å². The zero-order valence-corrected chi connectivity index (χ0v) is 12.1. The molecule has 1 amide bonds. The van der Waals surface area contributed by atoms with E-state index in [0.717, 1.165) is 18.4 Å². The summed E-state index contributed by atoms with van der Waals surface area (Å²) in [6.45, 7) is 0.672. The number of nitrogens with one attached hydrogen (secondary N) is 1. The van der Waals surface area contributed by atoms with Crippen molar-refractivity contribution in [3.63, 3.8) is 0 Å². The van der Waals surface area contributed by atoms with Crippen molar-refractivity contribution in [1.29, 1.82) is 0 Å². The number of H-pyrrole nitrogens is 1. The van der Waals surface area contributed by atoms with Crippen LogP contribution in [0, 0.1) is 0 Å². The molecule has 1 aromatic heterocycles. The Morgan fingerprint density at radius 2 is 2.00 bits per heavy atom. The van der Waals surface area contributed by atoms with Crippen LogP contribution < -0.4 is 5.56 Å². The number of benzene rings is 1. The molecule has 21 heavy (non-hydrogen) atoms. The summed E-state index contributed by atoms with van der Waals surface area (Å²) in [4.78, 5) is 28.3. The first-order valence-corrected chi connectivity index (χ1v) is 7.29. The molecule has 1 aliphatic heterocycles. The number of pyridine rings is 1. The number of hydrogen-bond acceptors (Lipinski definition) is 2. The normalized spacial score (nSPS) is 18.0. The molecule has 2 aromatic rings. The van der Waals surface area contributed by atoms with Gasteiger partial charge in [0.2, 0.25) is 5.56 Å². The summed E-state index contributed by atoms with van der Waals surface area (Å²) in [6, 6.07) is 12.2. The monoisotopic (exact) mass is 302 g/mol. The first-order valence-electron chi connectivity index (χ1n) is 6.91. The number of halogens is 1. The molecular weight excluding hydrogens is 288 g/mol. The Bertz CT molecular complexity index is 726. The lowest BCUT2D eigenvalue weighted by Crippen LogP contribution is -2.32. The number of rotatable bonds is 2. The highest BCUT2D eigenvalue weighted by molar-refractivity contribution is 6.31. The smallest absolute Gasteiger partial charge is 0.270 e. The molecule has 1 saturated heterocycles. The van der Waals surface area contributed by atoms with E-state index in [2.05, 4.69) is 4.98 Å². The molecule has 108 valence electrons. The number of carbonyl (C=O) groups is 1. The molecule has 5 heteroatoms. The third-order valence-electron chi connectivity index (χ3n) is 3.78. The van der Waals surface area contributed by atoms with Crippen LogP contribution in [0.15, 0.2) is 47.3 Å². The summed E-state index contributed by atoms with van der Waals surface area (Å²) >= 11 is 6.25. The molecule has 1 aromatic carbocycles. The Kier molecular flexibility index (Phi) is 3.80. The number of carbonyl (C=O) groups excluding carboxylic acids is 1. The first kappa shape index (κ1) is 13.9. The molecule has 4 nitrogen and oxygen atoms in total. The largest absolute Gasteiger partial charge is 0.330 e. The summed E-state index contributed by atoms with van der Waals surface area (Å²) in [6.07, 6.45) is 1.81. The lowest BCUT2D eigenvalue weighted by molar-refractivity contribution is 0.0729.